The van der Waals surface area contributed by atoms with Crippen molar-refractivity contribution in [1.82, 2.24) is 28.7 Å². The van der Waals surface area contributed by atoms with Gasteiger partial charge in [-0.3, -0.25) is 0 Å². The summed E-state index contributed by atoms with van der Waals surface area (Å²) in [4.78, 5) is 20.3. The quantitative estimate of drug-likeness (QED) is 0.161. The van der Waals surface area contributed by atoms with E-state index in [4.69, 9.17) is 28.7 Å². The Morgan fingerprint density at radius 3 is 1.57 bits per heavy atom. The van der Waals surface area contributed by atoms with Crippen LogP contribution in [0.5, 0.6) is 0 Å². The molecule has 0 bridgehead atoms. The monoisotopic (exact) mass is 696 g/mol. The van der Waals surface area contributed by atoms with E-state index in [2.05, 4.69) is 121 Å². The third-order valence-electron chi connectivity index (χ3n) is 9.60. The van der Waals surface area contributed by atoms with Gasteiger partial charge in [-0.05, 0) is 34.9 Å². The summed E-state index contributed by atoms with van der Waals surface area (Å²) in [6.07, 6.45) is 0. The standard InChI is InChI=1S/C46H28N6S/c1-4-13-29(14-5-1)30-23-25-33(26-24-30)45-48-44(32-17-8-3-9-18-32)49-46(50-45)35-20-12-19-34(27-35)37-28-38-40(43-42(37)51-53-52-43)36-21-10-11-22-39(36)47-41(38)31-15-6-2-7-16-31/h1-28H. The Hall–Kier alpha value is -6.96. The first-order valence-electron chi connectivity index (χ1n) is 17.4. The summed E-state index contributed by atoms with van der Waals surface area (Å²) < 4.78 is 9.75. The third kappa shape index (κ3) is 5.60. The van der Waals surface area contributed by atoms with Gasteiger partial charge in [0.25, 0.3) is 0 Å². The molecule has 0 aliphatic rings. The number of nitrogens with zero attached hydrogens (tertiary/aromatic N) is 6. The molecule has 3 aromatic heterocycles. The van der Waals surface area contributed by atoms with Gasteiger partial charge >= 0.3 is 0 Å². The second kappa shape index (κ2) is 13.0. The Balaban J connectivity index is 1.15. The number of para-hydroxylation sites is 1. The van der Waals surface area contributed by atoms with Crippen LogP contribution in [0, 0.1) is 0 Å². The van der Waals surface area contributed by atoms with Gasteiger partial charge in [-0.15, -0.1) is 0 Å². The molecule has 7 aromatic carbocycles. The topological polar surface area (TPSA) is 77.3 Å². The minimum atomic E-state index is 0.592. The third-order valence-corrected chi connectivity index (χ3v) is 10.1. The van der Waals surface area contributed by atoms with Crippen LogP contribution < -0.4 is 0 Å². The highest BCUT2D eigenvalue weighted by Gasteiger charge is 2.20. The summed E-state index contributed by atoms with van der Waals surface area (Å²) in [5.41, 5.74) is 11.6. The fraction of sp³-hybridized carbons (Fsp3) is 0. The zero-order valence-corrected chi connectivity index (χ0v) is 29.1. The second-order valence-electron chi connectivity index (χ2n) is 12.8. The Morgan fingerprint density at radius 1 is 0.340 bits per heavy atom. The molecule has 0 amide bonds. The maximum Gasteiger partial charge on any atom is 0.164 e. The van der Waals surface area contributed by atoms with Crippen molar-refractivity contribution < 1.29 is 0 Å². The van der Waals surface area contributed by atoms with Gasteiger partial charge in [-0.1, -0.05) is 152 Å². The van der Waals surface area contributed by atoms with Crippen LogP contribution in [0.1, 0.15) is 0 Å². The van der Waals surface area contributed by atoms with Crippen molar-refractivity contribution in [3.63, 3.8) is 0 Å². The molecular formula is C46H28N6S. The van der Waals surface area contributed by atoms with Crippen molar-refractivity contribution in [3.05, 3.63) is 170 Å². The number of hydrogen-bond donors (Lipinski definition) is 0. The van der Waals surface area contributed by atoms with Crippen LogP contribution in [-0.4, -0.2) is 28.7 Å². The molecule has 0 atom stereocenters. The summed E-state index contributed by atoms with van der Waals surface area (Å²) in [5.74, 6) is 1.82. The Kier molecular flexibility index (Phi) is 7.55. The van der Waals surface area contributed by atoms with Gasteiger partial charge < -0.3 is 0 Å². The van der Waals surface area contributed by atoms with E-state index in [9.17, 15) is 0 Å². The second-order valence-corrected chi connectivity index (χ2v) is 13.4. The molecule has 0 radical (unpaired) electrons. The lowest BCUT2D eigenvalue weighted by Crippen LogP contribution is -2.00. The minimum absolute atomic E-state index is 0.592. The van der Waals surface area contributed by atoms with Crippen molar-refractivity contribution in [2.45, 2.75) is 0 Å². The number of hydrogen-bond acceptors (Lipinski definition) is 7. The number of fused-ring (bicyclic) bond motifs is 5. The molecule has 7 heteroatoms. The van der Waals surface area contributed by atoms with Gasteiger partial charge in [-0.25, -0.2) is 19.9 Å². The van der Waals surface area contributed by atoms with E-state index >= 15 is 0 Å². The Bertz CT molecular complexity index is 2930. The van der Waals surface area contributed by atoms with Crippen LogP contribution in [0.3, 0.4) is 0 Å². The van der Waals surface area contributed by atoms with E-state index in [0.717, 1.165) is 82.9 Å². The van der Waals surface area contributed by atoms with Gasteiger partial charge in [0.05, 0.1) is 22.9 Å². The summed E-state index contributed by atoms with van der Waals surface area (Å²) in [7, 11) is 0. The first kappa shape index (κ1) is 30.8. The van der Waals surface area contributed by atoms with Gasteiger partial charge in [0, 0.05) is 44.0 Å². The fourth-order valence-corrected chi connectivity index (χ4v) is 7.59. The Morgan fingerprint density at radius 2 is 0.849 bits per heavy atom. The molecule has 0 N–H and O–H groups in total. The molecule has 248 valence electrons. The van der Waals surface area contributed by atoms with Crippen LogP contribution >= 0.6 is 11.7 Å². The number of benzene rings is 7. The number of rotatable bonds is 6. The first-order chi connectivity index (χ1) is 26.3. The lowest BCUT2D eigenvalue weighted by Gasteiger charge is -2.14. The summed E-state index contributed by atoms with van der Waals surface area (Å²) in [6, 6.07) is 58.0. The van der Waals surface area contributed by atoms with Crippen LogP contribution in [0.4, 0.5) is 0 Å². The first-order valence-corrected chi connectivity index (χ1v) is 18.1. The van der Waals surface area contributed by atoms with E-state index < -0.39 is 0 Å². The maximum absolute atomic E-state index is 5.19. The fourth-order valence-electron chi connectivity index (χ4n) is 7.02. The van der Waals surface area contributed by atoms with E-state index in [0.29, 0.717) is 17.5 Å². The summed E-state index contributed by atoms with van der Waals surface area (Å²) in [5, 5.41) is 3.15. The Labute approximate surface area is 309 Å². The zero-order chi connectivity index (χ0) is 35.1. The predicted molar refractivity (Wildman–Crippen MR) is 216 cm³/mol. The van der Waals surface area contributed by atoms with Gasteiger partial charge in [-0.2, -0.15) is 8.75 Å². The smallest absolute Gasteiger partial charge is 0.164 e. The molecular weight excluding hydrogens is 669 g/mol. The summed E-state index contributed by atoms with van der Waals surface area (Å²) in [6.45, 7) is 0. The van der Waals surface area contributed by atoms with Crippen LogP contribution in [-0.2, 0) is 0 Å². The molecule has 10 rings (SSSR count). The average Bonchev–Trinajstić information content (AvgIpc) is 3.74. The molecule has 0 spiro atoms. The highest BCUT2D eigenvalue weighted by atomic mass is 32.1. The predicted octanol–water partition coefficient (Wildman–Crippen LogP) is 11.6. The molecule has 0 saturated heterocycles. The van der Waals surface area contributed by atoms with Crippen LogP contribution in [0.15, 0.2) is 170 Å². The zero-order valence-electron chi connectivity index (χ0n) is 28.3. The van der Waals surface area contributed by atoms with Crippen molar-refractivity contribution in [1.29, 1.82) is 0 Å². The number of pyridine rings is 1. The largest absolute Gasteiger partial charge is 0.247 e. The van der Waals surface area contributed by atoms with Crippen molar-refractivity contribution in [3.8, 4) is 67.7 Å². The highest BCUT2D eigenvalue weighted by molar-refractivity contribution is 7.00. The van der Waals surface area contributed by atoms with Crippen molar-refractivity contribution >= 4 is 44.4 Å². The maximum atomic E-state index is 5.19. The normalized spacial score (nSPS) is 11.4. The lowest BCUT2D eigenvalue weighted by atomic mass is 9.93. The molecule has 0 unspecified atom stereocenters. The van der Waals surface area contributed by atoms with E-state index in [1.165, 1.54) is 11.7 Å². The van der Waals surface area contributed by atoms with Crippen LogP contribution in [0.25, 0.3) is 100 Å². The van der Waals surface area contributed by atoms with E-state index in [-0.39, 0.29) is 0 Å². The molecule has 0 aliphatic carbocycles. The van der Waals surface area contributed by atoms with Crippen molar-refractivity contribution in [2.75, 3.05) is 0 Å². The minimum Gasteiger partial charge on any atom is -0.247 e. The average molecular weight is 697 g/mol. The van der Waals surface area contributed by atoms with E-state index in [1.54, 1.807) is 0 Å². The highest BCUT2D eigenvalue weighted by Crippen LogP contribution is 2.41. The molecule has 0 aliphatic heterocycles. The SMILES string of the molecule is c1ccc(-c2ccc(-c3nc(-c4ccccc4)nc(-c4cccc(-c5cc6c(-c7ccccc7)nc7ccccc7c6c6nsnc56)c4)n3)cc2)cc1. The van der Waals surface area contributed by atoms with Crippen molar-refractivity contribution in [2.24, 2.45) is 0 Å². The molecule has 0 saturated carbocycles. The lowest BCUT2D eigenvalue weighted by molar-refractivity contribution is 1.07. The van der Waals surface area contributed by atoms with Crippen LogP contribution in [0.2, 0.25) is 0 Å². The van der Waals surface area contributed by atoms with Gasteiger partial charge in [0.15, 0.2) is 17.5 Å². The van der Waals surface area contributed by atoms with Gasteiger partial charge in [0.1, 0.15) is 11.0 Å². The van der Waals surface area contributed by atoms with E-state index in [1.807, 2.05) is 48.5 Å². The molecule has 6 nitrogen and oxygen atoms in total. The molecule has 10 aromatic rings. The molecule has 0 fully saturated rings. The molecule has 3 heterocycles. The number of aromatic nitrogens is 6. The summed E-state index contributed by atoms with van der Waals surface area (Å²) >= 11 is 1.23. The van der Waals surface area contributed by atoms with Gasteiger partial charge in [0.2, 0.25) is 0 Å². The molecule has 53 heavy (non-hydrogen) atoms.